The molecule has 0 unspecified atom stereocenters. The second-order valence-electron chi connectivity index (χ2n) is 4.79. The van der Waals surface area contributed by atoms with Crippen LogP contribution in [0.3, 0.4) is 0 Å². The number of amides is 1. The van der Waals surface area contributed by atoms with Gasteiger partial charge >= 0.3 is 0 Å². The van der Waals surface area contributed by atoms with Crippen molar-refractivity contribution in [3.8, 4) is 0 Å². The van der Waals surface area contributed by atoms with Crippen LogP contribution in [0.4, 0.5) is 0 Å². The molecular weight excluding hydrogens is 276 g/mol. The molecule has 0 aromatic heterocycles. The van der Waals surface area contributed by atoms with E-state index in [-0.39, 0.29) is 5.91 Å². The summed E-state index contributed by atoms with van der Waals surface area (Å²) in [6.45, 7) is 4.91. The lowest BCUT2D eigenvalue weighted by Crippen LogP contribution is -2.38. The molecule has 20 heavy (non-hydrogen) atoms. The maximum absolute atomic E-state index is 11.9. The summed E-state index contributed by atoms with van der Waals surface area (Å²) in [5.41, 5.74) is 1.60. The fourth-order valence-corrected chi connectivity index (χ4v) is 2.81. The van der Waals surface area contributed by atoms with Gasteiger partial charge in [-0.25, -0.2) is 12.7 Å². The van der Waals surface area contributed by atoms with E-state index in [1.165, 1.54) is 10.6 Å². The molecule has 0 saturated carbocycles. The van der Waals surface area contributed by atoms with Crippen molar-refractivity contribution in [3.63, 3.8) is 0 Å². The van der Waals surface area contributed by atoms with Crippen LogP contribution in [0.15, 0.2) is 24.3 Å². The van der Waals surface area contributed by atoms with Crippen LogP contribution in [-0.2, 0) is 10.0 Å². The second-order valence-corrected chi connectivity index (χ2v) is 6.77. The Morgan fingerprint density at radius 1 is 1.30 bits per heavy atom. The Morgan fingerprint density at radius 2 is 2.00 bits per heavy atom. The molecule has 5 nitrogen and oxygen atoms in total. The van der Waals surface area contributed by atoms with E-state index in [1.54, 1.807) is 12.1 Å². The van der Waals surface area contributed by atoms with Gasteiger partial charge in [0.25, 0.3) is 5.91 Å². The van der Waals surface area contributed by atoms with Crippen molar-refractivity contribution in [3.05, 3.63) is 35.4 Å². The Hall–Kier alpha value is -1.40. The molecule has 6 heteroatoms. The Bertz CT molecular complexity index is 555. The normalized spacial score (nSPS) is 11.6. The van der Waals surface area contributed by atoms with E-state index in [9.17, 15) is 13.2 Å². The van der Waals surface area contributed by atoms with E-state index in [0.29, 0.717) is 25.2 Å². The van der Waals surface area contributed by atoms with Crippen molar-refractivity contribution in [2.24, 2.45) is 0 Å². The number of sulfonamides is 1. The fraction of sp³-hybridized carbons (Fsp3) is 0.500. The van der Waals surface area contributed by atoms with Crippen LogP contribution in [0.25, 0.3) is 0 Å². The Balaban J connectivity index is 2.53. The molecule has 1 aromatic carbocycles. The Morgan fingerprint density at radius 3 is 2.55 bits per heavy atom. The molecule has 112 valence electrons. The highest BCUT2D eigenvalue weighted by Gasteiger charge is 2.15. The summed E-state index contributed by atoms with van der Waals surface area (Å²) in [6, 6.07) is 7.28. The van der Waals surface area contributed by atoms with Gasteiger partial charge in [0.2, 0.25) is 10.0 Å². The monoisotopic (exact) mass is 298 g/mol. The average molecular weight is 298 g/mol. The molecule has 1 amide bonds. The third kappa shape index (κ3) is 5.30. The van der Waals surface area contributed by atoms with Crippen molar-refractivity contribution < 1.29 is 13.2 Å². The Kier molecular flexibility index (Phi) is 6.16. The molecule has 0 fully saturated rings. The van der Waals surface area contributed by atoms with Crippen LogP contribution in [-0.4, -0.2) is 44.5 Å². The molecule has 1 aromatic rings. The van der Waals surface area contributed by atoms with E-state index < -0.39 is 10.0 Å². The zero-order valence-electron chi connectivity index (χ0n) is 12.2. The van der Waals surface area contributed by atoms with Crippen molar-refractivity contribution in [1.82, 2.24) is 9.62 Å². The lowest BCUT2D eigenvalue weighted by molar-refractivity contribution is 0.0951. The highest BCUT2D eigenvalue weighted by molar-refractivity contribution is 7.88. The molecule has 0 saturated heterocycles. The molecular formula is C14H22N2O3S. The SMILES string of the molecule is CCCN(CCNC(=O)c1cccc(C)c1)S(C)(=O)=O. The van der Waals surface area contributed by atoms with Crippen LogP contribution in [0.2, 0.25) is 0 Å². The van der Waals surface area contributed by atoms with Crippen LogP contribution in [0.1, 0.15) is 29.3 Å². The van der Waals surface area contributed by atoms with Gasteiger partial charge in [-0.05, 0) is 25.5 Å². The second kappa shape index (κ2) is 7.40. The lowest BCUT2D eigenvalue weighted by Gasteiger charge is -2.19. The average Bonchev–Trinajstić information content (AvgIpc) is 2.36. The first-order valence-electron chi connectivity index (χ1n) is 6.64. The fourth-order valence-electron chi connectivity index (χ4n) is 1.88. The van der Waals surface area contributed by atoms with Gasteiger partial charge < -0.3 is 5.32 Å². The maximum Gasteiger partial charge on any atom is 0.251 e. The van der Waals surface area contributed by atoms with Gasteiger partial charge in [0, 0.05) is 25.2 Å². The summed E-state index contributed by atoms with van der Waals surface area (Å²) in [4.78, 5) is 11.9. The molecule has 0 heterocycles. The Labute approximate surface area is 121 Å². The maximum atomic E-state index is 11.9. The third-order valence-electron chi connectivity index (χ3n) is 2.87. The minimum atomic E-state index is -3.21. The van der Waals surface area contributed by atoms with Crippen molar-refractivity contribution in [2.75, 3.05) is 25.9 Å². The topological polar surface area (TPSA) is 66.5 Å². The number of nitrogens with zero attached hydrogens (tertiary/aromatic N) is 1. The summed E-state index contributed by atoms with van der Waals surface area (Å²) in [6.07, 6.45) is 1.93. The molecule has 0 aliphatic rings. The zero-order chi connectivity index (χ0) is 15.2. The number of nitrogens with one attached hydrogen (secondary N) is 1. The number of hydrogen-bond donors (Lipinski definition) is 1. The minimum Gasteiger partial charge on any atom is -0.351 e. The van der Waals surface area contributed by atoms with Crippen LogP contribution in [0, 0.1) is 6.92 Å². The van der Waals surface area contributed by atoms with Gasteiger partial charge in [-0.2, -0.15) is 0 Å². The van der Waals surface area contributed by atoms with Gasteiger partial charge in [-0.15, -0.1) is 0 Å². The molecule has 0 spiro atoms. The van der Waals surface area contributed by atoms with Gasteiger partial charge in [-0.1, -0.05) is 24.6 Å². The van der Waals surface area contributed by atoms with Crippen LogP contribution >= 0.6 is 0 Å². The minimum absolute atomic E-state index is 0.182. The summed E-state index contributed by atoms with van der Waals surface area (Å²) in [5, 5.41) is 2.74. The summed E-state index contributed by atoms with van der Waals surface area (Å²) in [7, 11) is -3.21. The zero-order valence-corrected chi connectivity index (χ0v) is 13.0. The number of carbonyl (C=O) groups is 1. The first kappa shape index (κ1) is 16.7. The third-order valence-corrected chi connectivity index (χ3v) is 4.17. The van der Waals surface area contributed by atoms with E-state index in [0.717, 1.165) is 12.0 Å². The first-order valence-corrected chi connectivity index (χ1v) is 8.49. The highest BCUT2D eigenvalue weighted by Crippen LogP contribution is 2.04. The van der Waals surface area contributed by atoms with E-state index in [1.807, 2.05) is 26.0 Å². The highest BCUT2D eigenvalue weighted by atomic mass is 32.2. The number of rotatable bonds is 7. The summed E-state index contributed by atoms with van der Waals surface area (Å²) < 4.78 is 24.4. The molecule has 0 aliphatic heterocycles. The van der Waals surface area contributed by atoms with E-state index >= 15 is 0 Å². The number of hydrogen-bond acceptors (Lipinski definition) is 3. The summed E-state index contributed by atoms with van der Waals surface area (Å²) >= 11 is 0. The molecule has 0 aliphatic carbocycles. The van der Waals surface area contributed by atoms with Crippen molar-refractivity contribution in [2.45, 2.75) is 20.3 Å². The predicted octanol–water partition coefficient (Wildman–Crippen LogP) is 1.40. The molecule has 1 N–H and O–H groups in total. The van der Waals surface area contributed by atoms with Gasteiger partial charge in [-0.3, -0.25) is 4.79 Å². The molecule has 0 bridgehead atoms. The number of aryl methyl sites for hydroxylation is 1. The first-order chi connectivity index (χ1) is 9.34. The van der Waals surface area contributed by atoms with Gasteiger partial charge in [0.05, 0.1) is 6.26 Å². The largest absolute Gasteiger partial charge is 0.351 e. The lowest BCUT2D eigenvalue weighted by atomic mass is 10.1. The quantitative estimate of drug-likeness (QED) is 0.827. The molecule has 0 radical (unpaired) electrons. The van der Waals surface area contributed by atoms with Crippen LogP contribution in [0.5, 0.6) is 0 Å². The van der Waals surface area contributed by atoms with Crippen molar-refractivity contribution in [1.29, 1.82) is 0 Å². The van der Waals surface area contributed by atoms with Crippen LogP contribution < -0.4 is 5.32 Å². The summed E-state index contributed by atoms with van der Waals surface area (Å²) in [5.74, 6) is -0.182. The van der Waals surface area contributed by atoms with Gasteiger partial charge in [0.15, 0.2) is 0 Å². The number of carbonyl (C=O) groups excluding carboxylic acids is 1. The number of benzene rings is 1. The van der Waals surface area contributed by atoms with Gasteiger partial charge in [0.1, 0.15) is 0 Å². The standard InChI is InChI=1S/C14H22N2O3S/c1-4-9-16(20(3,18)19)10-8-15-14(17)13-7-5-6-12(2)11-13/h5-7,11H,4,8-10H2,1-3H3,(H,15,17). The van der Waals surface area contributed by atoms with Crippen molar-refractivity contribution >= 4 is 15.9 Å². The van der Waals surface area contributed by atoms with E-state index in [2.05, 4.69) is 5.32 Å². The van der Waals surface area contributed by atoms with E-state index in [4.69, 9.17) is 0 Å². The smallest absolute Gasteiger partial charge is 0.251 e. The molecule has 0 atom stereocenters. The molecule has 1 rings (SSSR count). The predicted molar refractivity (Wildman–Crippen MR) is 80.2 cm³/mol.